The molecule has 1 aliphatic rings. The number of nitro groups is 2. The van der Waals surface area contributed by atoms with Gasteiger partial charge in [0.15, 0.2) is 0 Å². The number of imide groups is 1. The number of ether oxygens (including phenoxy) is 1. The van der Waals surface area contributed by atoms with Crippen LogP contribution in [0.2, 0.25) is 0 Å². The first-order valence-corrected chi connectivity index (χ1v) is 12.5. The number of non-ortho nitro benzene ring substituents is 2. The molecule has 0 aliphatic carbocycles. The summed E-state index contributed by atoms with van der Waals surface area (Å²) < 4.78 is 5.28. The van der Waals surface area contributed by atoms with Gasteiger partial charge in [0.25, 0.3) is 22.5 Å². The molecule has 0 spiro atoms. The normalized spacial score (nSPS) is 14.1. The average Bonchev–Trinajstić information content (AvgIpc) is 3.20. The highest BCUT2D eigenvalue weighted by Gasteiger charge is 2.35. The second-order valence-electron chi connectivity index (χ2n) is 8.62. The fourth-order valence-corrected chi connectivity index (χ4v) is 4.98. The quantitative estimate of drug-likeness (QED) is 0.0864. The average molecular weight is 556 g/mol. The van der Waals surface area contributed by atoms with Gasteiger partial charge in [-0.15, -0.1) is 0 Å². The number of nitrogens with zero attached hydrogens (tertiary/aromatic N) is 3. The predicted molar refractivity (Wildman–Crippen MR) is 147 cm³/mol. The number of rotatable bonds is 7. The van der Waals surface area contributed by atoms with Crippen molar-refractivity contribution in [3.8, 4) is 5.75 Å². The second kappa shape index (κ2) is 10.8. The Morgan fingerprint density at radius 2 is 1.55 bits per heavy atom. The number of hydrogen-bond acceptors (Lipinski definition) is 9. The van der Waals surface area contributed by atoms with Crippen LogP contribution in [0.25, 0.3) is 16.8 Å². The van der Waals surface area contributed by atoms with Gasteiger partial charge < -0.3 is 4.74 Å². The van der Waals surface area contributed by atoms with E-state index < -0.39 is 38.3 Å². The summed E-state index contributed by atoms with van der Waals surface area (Å²) in [7, 11) is 0. The minimum absolute atomic E-state index is 0.0305. The van der Waals surface area contributed by atoms with Gasteiger partial charge in [-0.1, -0.05) is 54.6 Å². The molecule has 1 fully saturated rings. The first kappa shape index (κ1) is 26.3. The topological polar surface area (TPSA) is 150 Å². The molecule has 4 aromatic carbocycles. The van der Waals surface area contributed by atoms with Gasteiger partial charge in [0, 0.05) is 12.1 Å². The third kappa shape index (κ3) is 5.42. The van der Waals surface area contributed by atoms with E-state index >= 15 is 0 Å². The van der Waals surface area contributed by atoms with Crippen molar-refractivity contribution in [1.82, 2.24) is 4.90 Å². The van der Waals surface area contributed by atoms with E-state index in [1.165, 1.54) is 18.2 Å². The van der Waals surface area contributed by atoms with E-state index in [1.54, 1.807) is 12.1 Å². The monoisotopic (exact) mass is 555 g/mol. The molecular weight excluding hydrogens is 538 g/mol. The van der Waals surface area contributed by atoms with Crippen molar-refractivity contribution < 1.29 is 29.0 Å². The van der Waals surface area contributed by atoms with E-state index in [1.807, 2.05) is 42.5 Å². The molecule has 0 N–H and O–H groups in total. The zero-order valence-corrected chi connectivity index (χ0v) is 21.2. The summed E-state index contributed by atoms with van der Waals surface area (Å²) in [4.78, 5) is 60.3. The summed E-state index contributed by atoms with van der Waals surface area (Å²) in [5, 5.41) is 23.8. The SMILES string of the molecule is O=C(Oc1cccc(/C=C2\SC(=O)N(Cc3cccc4ccccc34)C2=O)c1)c1cc([N+](=O)[O-])cc([N+](=O)[O-])c1. The lowest BCUT2D eigenvalue weighted by molar-refractivity contribution is -0.394. The molecule has 2 amide bonds. The van der Waals surface area contributed by atoms with Crippen LogP contribution >= 0.6 is 11.8 Å². The molecule has 0 aromatic heterocycles. The number of fused-ring (bicyclic) bond motifs is 1. The third-order valence-electron chi connectivity index (χ3n) is 6.01. The summed E-state index contributed by atoms with van der Waals surface area (Å²) in [5.41, 5.74) is -0.355. The first-order valence-electron chi connectivity index (χ1n) is 11.7. The molecule has 198 valence electrons. The molecule has 11 nitrogen and oxygen atoms in total. The van der Waals surface area contributed by atoms with E-state index in [-0.39, 0.29) is 22.8 Å². The van der Waals surface area contributed by atoms with Gasteiger partial charge in [-0.25, -0.2) is 4.79 Å². The molecule has 1 saturated heterocycles. The van der Waals surface area contributed by atoms with Crippen LogP contribution < -0.4 is 4.74 Å². The first-order chi connectivity index (χ1) is 19.2. The number of hydrogen-bond donors (Lipinski definition) is 0. The van der Waals surface area contributed by atoms with Gasteiger partial charge in [-0.3, -0.25) is 34.7 Å². The molecule has 0 saturated carbocycles. The molecule has 1 heterocycles. The van der Waals surface area contributed by atoms with Gasteiger partial charge in [-0.05, 0) is 51.9 Å². The summed E-state index contributed by atoms with van der Waals surface area (Å²) in [6.45, 7) is 0.108. The number of nitro benzene ring substituents is 2. The molecule has 4 aromatic rings. The van der Waals surface area contributed by atoms with Crippen molar-refractivity contribution in [2.24, 2.45) is 0 Å². The number of amides is 2. The Labute approximate surface area is 230 Å². The summed E-state index contributed by atoms with van der Waals surface area (Å²) in [6.07, 6.45) is 1.49. The maximum atomic E-state index is 13.1. The Morgan fingerprint density at radius 1 is 0.875 bits per heavy atom. The van der Waals surface area contributed by atoms with Crippen molar-refractivity contribution in [2.75, 3.05) is 0 Å². The molecule has 1 aliphatic heterocycles. The Bertz CT molecular complexity index is 1730. The van der Waals surface area contributed by atoms with Gasteiger partial charge in [0.2, 0.25) is 0 Å². The van der Waals surface area contributed by atoms with Gasteiger partial charge in [-0.2, -0.15) is 0 Å². The molecule has 0 radical (unpaired) electrons. The Morgan fingerprint density at radius 3 is 2.27 bits per heavy atom. The lowest BCUT2D eigenvalue weighted by Crippen LogP contribution is -2.27. The van der Waals surface area contributed by atoms with Crippen LogP contribution in [0.15, 0.2) is 89.8 Å². The molecule has 12 heteroatoms. The lowest BCUT2D eigenvalue weighted by Gasteiger charge is -2.14. The maximum Gasteiger partial charge on any atom is 0.344 e. The summed E-state index contributed by atoms with van der Waals surface area (Å²) >= 11 is 0.790. The standard InChI is InChI=1S/C28H17N3O8S/c32-26-25(40-28(34)29(26)16-19-8-4-7-18-6-1-2-10-24(18)19)12-17-5-3-9-23(11-17)39-27(33)20-13-21(30(35)36)15-22(14-20)31(37)38/h1-15H,16H2/b25-12-. The zero-order valence-electron chi connectivity index (χ0n) is 20.4. The van der Waals surface area contributed by atoms with Crippen LogP contribution in [0.4, 0.5) is 16.2 Å². The highest BCUT2D eigenvalue weighted by Crippen LogP contribution is 2.35. The molecular formula is C28H17N3O8S. The third-order valence-corrected chi connectivity index (χ3v) is 6.92. The maximum absolute atomic E-state index is 13.1. The van der Waals surface area contributed by atoms with Crippen LogP contribution in [0.3, 0.4) is 0 Å². The van der Waals surface area contributed by atoms with E-state index in [0.29, 0.717) is 5.56 Å². The van der Waals surface area contributed by atoms with Gasteiger partial charge >= 0.3 is 5.97 Å². The fourth-order valence-electron chi connectivity index (χ4n) is 4.15. The van der Waals surface area contributed by atoms with Crippen LogP contribution in [0.1, 0.15) is 21.5 Å². The molecule has 5 rings (SSSR count). The predicted octanol–water partition coefficient (Wildman–Crippen LogP) is 6.11. The smallest absolute Gasteiger partial charge is 0.344 e. The summed E-state index contributed by atoms with van der Waals surface area (Å²) in [6, 6.07) is 21.9. The highest BCUT2D eigenvalue weighted by molar-refractivity contribution is 8.18. The minimum atomic E-state index is -1.04. The lowest BCUT2D eigenvalue weighted by atomic mass is 10.0. The Hall–Kier alpha value is -5.36. The number of carbonyl (C=O) groups excluding carboxylic acids is 3. The van der Waals surface area contributed by atoms with Gasteiger partial charge in [0.1, 0.15) is 5.75 Å². The van der Waals surface area contributed by atoms with E-state index in [9.17, 15) is 34.6 Å². The Balaban J connectivity index is 1.35. The number of esters is 1. The molecule has 0 atom stereocenters. The van der Waals surface area contributed by atoms with E-state index in [4.69, 9.17) is 4.74 Å². The van der Waals surface area contributed by atoms with Crippen molar-refractivity contribution in [3.05, 3.63) is 127 Å². The fraction of sp³-hybridized carbons (Fsp3) is 0.0357. The highest BCUT2D eigenvalue weighted by atomic mass is 32.2. The van der Waals surface area contributed by atoms with Crippen molar-refractivity contribution >= 4 is 57.1 Å². The van der Waals surface area contributed by atoms with E-state index in [2.05, 4.69) is 0 Å². The van der Waals surface area contributed by atoms with Crippen LogP contribution in [-0.2, 0) is 11.3 Å². The minimum Gasteiger partial charge on any atom is -0.423 e. The largest absolute Gasteiger partial charge is 0.423 e. The Kier molecular flexibility index (Phi) is 7.08. The number of benzene rings is 4. The van der Waals surface area contributed by atoms with Crippen LogP contribution in [0, 0.1) is 20.2 Å². The van der Waals surface area contributed by atoms with Gasteiger partial charge in [0.05, 0.1) is 32.9 Å². The molecule has 40 heavy (non-hydrogen) atoms. The number of thioether (sulfide) groups is 1. The summed E-state index contributed by atoms with van der Waals surface area (Å²) in [5.74, 6) is -1.48. The second-order valence-corrected chi connectivity index (χ2v) is 9.61. The number of carbonyl (C=O) groups is 3. The van der Waals surface area contributed by atoms with Crippen LogP contribution in [0.5, 0.6) is 5.75 Å². The van der Waals surface area contributed by atoms with E-state index in [0.717, 1.165) is 51.2 Å². The molecule has 0 bridgehead atoms. The zero-order chi connectivity index (χ0) is 28.4. The molecule has 0 unspecified atom stereocenters. The van der Waals surface area contributed by atoms with Crippen molar-refractivity contribution in [2.45, 2.75) is 6.54 Å². The van der Waals surface area contributed by atoms with Crippen molar-refractivity contribution in [3.63, 3.8) is 0 Å². The van der Waals surface area contributed by atoms with Crippen LogP contribution in [-0.4, -0.2) is 31.9 Å². The van der Waals surface area contributed by atoms with Crippen molar-refractivity contribution in [1.29, 1.82) is 0 Å².